The third-order valence-electron chi connectivity index (χ3n) is 9.17. The molecule has 4 aromatic rings. The van der Waals surface area contributed by atoms with Gasteiger partial charge in [-0.25, -0.2) is 19.9 Å². The van der Waals surface area contributed by atoms with E-state index < -0.39 is 16.6 Å². The van der Waals surface area contributed by atoms with E-state index in [1.165, 1.54) is 0 Å². The zero-order valence-electron chi connectivity index (χ0n) is 25.6. The van der Waals surface area contributed by atoms with E-state index in [0.717, 1.165) is 16.7 Å². The van der Waals surface area contributed by atoms with Crippen molar-refractivity contribution in [2.45, 2.75) is 103 Å². The highest BCUT2D eigenvalue weighted by molar-refractivity contribution is 6.74. The summed E-state index contributed by atoms with van der Waals surface area (Å²) in [5, 5.41) is 1.25. The van der Waals surface area contributed by atoms with Crippen LogP contribution in [0.15, 0.2) is 43.2 Å². The van der Waals surface area contributed by atoms with E-state index in [-0.39, 0.29) is 28.5 Å². The Balaban J connectivity index is 1.47. The predicted molar refractivity (Wildman–Crippen MR) is 164 cm³/mol. The van der Waals surface area contributed by atoms with Crippen molar-refractivity contribution in [1.29, 1.82) is 0 Å². The molecule has 1 saturated heterocycles. The first kappa shape index (κ1) is 29.1. The summed E-state index contributed by atoms with van der Waals surface area (Å²) in [6, 6.07) is 6.00. The predicted octanol–water partition coefficient (Wildman–Crippen LogP) is 6.86. The van der Waals surface area contributed by atoms with Gasteiger partial charge in [0.25, 0.3) is 0 Å². The largest absolute Gasteiger partial charge is 0.414 e. The van der Waals surface area contributed by atoms with Gasteiger partial charge in [0.15, 0.2) is 33.6 Å². The Bertz CT molecular complexity index is 1500. The van der Waals surface area contributed by atoms with Crippen LogP contribution in [0.3, 0.4) is 0 Å². The van der Waals surface area contributed by atoms with Crippen molar-refractivity contribution in [3.63, 3.8) is 0 Å². The molecule has 0 N–H and O–H groups in total. The molecule has 1 aliphatic heterocycles. The fraction of sp³-hybridized carbons (Fsp3) is 0.586. The van der Waals surface area contributed by atoms with Crippen LogP contribution in [-0.4, -0.2) is 64.5 Å². The molecule has 40 heavy (non-hydrogen) atoms. The molecule has 9 nitrogen and oxygen atoms in total. The maximum Gasteiger partial charge on any atom is 0.192 e. The van der Waals surface area contributed by atoms with Gasteiger partial charge in [-0.05, 0) is 54.5 Å². The molecular formula is C29H44N6O3Si2. The Kier molecular flexibility index (Phi) is 7.36. The molecule has 0 radical (unpaired) electrons. The molecule has 1 aliphatic rings. The van der Waals surface area contributed by atoms with Gasteiger partial charge < -0.3 is 13.6 Å². The molecule has 216 valence electrons. The lowest BCUT2D eigenvalue weighted by molar-refractivity contribution is -0.0383. The number of nitrogens with zero attached hydrogens (tertiary/aromatic N) is 6. The number of ether oxygens (including phenoxy) is 1. The molecule has 3 atom stereocenters. The topological polar surface area (TPSA) is 89.1 Å². The summed E-state index contributed by atoms with van der Waals surface area (Å²) < 4.78 is 24.3. The highest BCUT2D eigenvalue weighted by Crippen LogP contribution is 2.43. The van der Waals surface area contributed by atoms with E-state index >= 15 is 0 Å². The second-order valence-corrected chi connectivity index (χ2v) is 23.5. The number of hydrogen-bond donors (Lipinski definition) is 0. The van der Waals surface area contributed by atoms with Crippen LogP contribution < -0.4 is 0 Å². The first-order valence-electron chi connectivity index (χ1n) is 14.2. The van der Waals surface area contributed by atoms with Crippen LogP contribution in [0.25, 0.3) is 28.0 Å². The fourth-order valence-corrected chi connectivity index (χ4v) is 6.94. The molecule has 0 aromatic carbocycles. The second kappa shape index (κ2) is 10.1. The summed E-state index contributed by atoms with van der Waals surface area (Å²) in [7, 11) is -4.01. The van der Waals surface area contributed by atoms with Crippen molar-refractivity contribution in [2.24, 2.45) is 0 Å². The zero-order chi connectivity index (χ0) is 29.1. The Labute approximate surface area is 239 Å². The molecule has 0 spiro atoms. The molecule has 4 aromatic heterocycles. The molecule has 5 rings (SSSR count). The molecule has 0 bridgehead atoms. The van der Waals surface area contributed by atoms with E-state index in [1.807, 2.05) is 39.9 Å². The summed E-state index contributed by atoms with van der Waals surface area (Å²) in [5.74, 6) is 0.697. The van der Waals surface area contributed by atoms with Crippen LogP contribution in [0.5, 0.6) is 0 Å². The average Bonchev–Trinajstić information content (AvgIpc) is 3.57. The minimum absolute atomic E-state index is 0.0768. The van der Waals surface area contributed by atoms with Crippen LogP contribution in [0.2, 0.25) is 36.3 Å². The minimum atomic E-state index is -2.05. The number of pyridine rings is 1. The first-order chi connectivity index (χ1) is 18.6. The van der Waals surface area contributed by atoms with Gasteiger partial charge in [0.2, 0.25) is 0 Å². The van der Waals surface area contributed by atoms with Gasteiger partial charge in [-0.1, -0.05) is 41.5 Å². The van der Waals surface area contributed by atoms with Crippen molar-refractivity contribution < 1.29 is 13.6 Å². The highest BCUT2D eigenvalue weighted by Gasteiger charge is 2.47. The quantitative estimate of drug-likeness (QED) is 0.221. The van der Waals surface area contributed by atoms with Crippen molar-refractivity contribution in [2.75, 3.05) is 6.61 Å². The molecule has 0 unspecified atom stereocenters. The molecule has 0 aliphatic carbocycles. The molecular weight excluding hydrogens is 537 g/mol. The smallest absolute Gasteiger partial charge is 0.192 e. The maximum atomic E-state index is 6.97. The van der Waals surface area contributed by atoms with Crippen LogP contribution in [0.4, 0.5) is 0 Å². The standard InChI is InChI=1S/C29H44N6O3Si2/c1-28(2,3)39(7,8)36-17-22-21(38-40(9,10)29(4,5)6)16-23(37-22)35-19-33-24-26(31-18-32-27(24)35)34-15-13-20-12-11-14-30-25(20)34/h11-15,18-19,21-23H,16-17H2,1-10H3/t21-,22+,23+/m0/s1. The summed E-state index contributed by atoms with van der Waals surface area (Å²) >= 11 is 0. The Morgan fingerprint density at radius 3 is 2.35 bits per heavy atom. The lowest BCUT2D eigenvalue weighted by Crippen LogP contribution is -2.48. The Hall–Kier alpha value is -2.45. The number of imidazole rings is 1. The molecule has 0 amide bonds. The van der Waals surface area contributed by atoms with Gasteiger partial charge in [0.05, 0.1) is 19.0 Å². The van der Waals surface area contributed by atoms with Crippen molar-refractivity contribution in [3.8, 4) is 5.82 Å². The van der Waals surface area contributed by atoms with E-state index in [1.54, 1.807) is 12.5 Å². The summed E-state index contributed by atoms with van der Waals surface area (Å²) in [6.45, 7) is 23.3. The lowest BCUT2D eigenvalue weighted by atomic mass is 10.2. The Morgan fingerprint density at radius 2 is 1.65 bits per heavy atom. The van der Waals surface area contributed by atoms with Crippen molar-refractivity contribution in [1.82, 2.24) is 29.1 Å². The van der Waals surface area contributed by atoms with Crippen molar-refractivity contribution >= 4 is 38.8 Å². The monoisotopic (exact) mass is 580 g/mol. The first-order valence-corrected chi connectivity index (χ1v) is 20.0. The number of fused-ring (bicyclic) bond motifs is 2. The maximum absolute atomic E-state index is 6.97. The summed E-state index contributed by atoms with van der Waals surface area (Å²) in [5.41, 5.74) is 2.27. The molecule has 0 saturated carbocycles. The van der Waals surface area contributed by atoms with Crippen LogP contribution in [-0.2, 0) is 13.6 Å². The molecule has 1 fully saturated rings. The van der Waals surface area contributed by atoms with Gasteiger partial charge in [0.1, 0.15) is 24.3 Å². The van der Waals surface area contributed by atoms with Gasteiger partial charge in [-0.15, -0.1) is 0 Å². The number of rotatable bonds is 7. The highest BCUT2D eigenvalue weighted by atomic mass is 28.4. The molecule has 11 heteroatoms. The lowest BCUT2D eigenvalue weighted by Gasteiger charge is -2.40. The third kappa shape index (κ3) is 5.29. The fourth-order valence-electron chi connectivity index (χ4n) is 4.57. The molecule has 5 heterocycles. The van der Waals surface area contributed by atoms with Gasteiger partial charge in [-0.3, -0.25) is 9.13 Å². The van der Waals surface area contributed by atoms with Crippen LogP contribution in [0.1, 0.15) is 54.2 Å². The second-order valence-electron chi connectivity index (χ2n) is 14.0. The van der Waals surface area contributed by atoms with Gasteiger partial charge in [-0.2, -0.15) is 0 Å². The number of hydrogen-bond acceptors (Lipinski definition) is 7. The van der Waals surface area contributed by atoms with Crippen molar-refractivity contribution in [3.05, 3.63) is 43.2 Å². The average molecular weight is 581 g/mol. The van der Waals surface area contributed by atoms with Gasteiger partial charge >= 0.3 is 0 Å². The van der Waals surface area contributed by atoms with E-state index in [9.17, 15) is 0 Å². The summed E-state index contributed by atoms with van der Waals surface area (Å²) in [4.78, 5) is 18.5. The summed E-state index contributed by atoms with van der Waals surface area (Å²) in [6.07, 6.45) is 7.34. The number of aromatic nitrogens is 6. The minimum Gasteiger partial charge on any atom is -0.414 e. The third-order valence-corrected chi connectivity index (χ3v) is 18.2. The normalized spacial score (nSPS) is 21.1. The van der Waals surface area contributed by atoms with Gasteiger partial charge in [0, 0.05) is 24.2 Å². The van der Waals surface area contributed by atoms with Crippen LogP contribution in [0, 0.1) is 0 Å². The van der Waals surface area contributed by atoms with E-state index in [4.69, 9.17) is 18.6 Å². The Morgan fingerprint density at radius 1 is 0.925 bits per heavy atom. The SMILES string of the molecule is CC(C)(C)[Si](C)(C)OC[C@H]1O[C@@H](n2cnc3c(-n4ccc5cccnc54)ncnc32)C[C@@H]1O[Si](C)(C)C(C)(C)C. The van der Waals surface area contributed by atoms with E-state index in [2.05, 4.69) is 82.7 Å². The zero-order valence-corrected chi connectivity index (χ0v) is 27.6. The van der Waals surface area contributed by atoms with E-state index in [0.29, 0.717) is 24.4 Å². The van der Waals surface area contributed by atoms with Crippen LogP contribution >= 0.6 is 0 Å².